The molecule has 0 radical (unpaired) electrons. The summed E-state index contributed by atoms with van der Waals surface area (Å²) >= 11 is 0. The maximum absolute atomic E-state index is 12.4. The number of rotatable bonds is 3. The monoisotopic (exact) mass is 374 g/mol. The third-order valence-corrected chi connectivity index (χ3v) is 2.57. The van der Waals surface area contributed by atoms with Crippen LogP contribution in [0.25, 0.3) is 11.1 Å². The topological polar surface area (TPSA) is 59.9 Å². The molecule has 0 unspecified atom stereocenters. The minimum atomic E-state index is -4.98. The van der Waals surface area contributed by atoms with Crippen LogP contribution in [0.4, 0.5) is 32.2 Å². The lowest BCUT2D eigenvalue weighted by Crippen LogP contribution is -2.18. The van der Waals surface area contributed by atoms with Crippen molar-refractivity contribution in [3.8, 4) is 16.9 Å². The van der Waals surface area contributed by atoms with Crippen LogP contribution >= 0.6 is 12.4 Å². The second-order valence-corrected chi connectivity index (χ2v) is 4.16. The molecule has 2 rings (SSSR count). The van der Waals surface area contributed by atoms with Crippen molar-refractivity contribution in [3.63, 3.8) is 0 Å². The summed E-state index contributed by atoms with van der Waals surface area (Å²) in [7, 11) is 1.47. The van der Waals surface area contributed by atoms with Crippen molar-refractivity contribution in [1.82, 2.24) is 15.0 Å². The molecule has 2 aromatic heterocycles. The Hall–Kier alpha value is -2.30. The van der Waals surface area contributed by atoms with E-state index in [4.69, 9.17) is 0 Å². The molecular weight excluding hydrogens is 366 g/mol. The lowest BCUT2D eigenvalue weighted by molar-refractivity contribution is -0.274. The van der Waals surface area contributed by atoms with Crippen LogP contribution in [0.15, 0.2) is 24.7 Å². The SMILES string of the molecule is CNc1cc(-c2cnc(C(F)(F)F)nc2)c(OC(F)(F)F)cn1.Cl. The van der Waals surface area contributed by atoms with E-state index in [-0.39, 0.29) is 29.4 Å². The summed E-state index contributed by atoms with van der Waals surface area (Å²) in [5.41, 5.74) is -0.244. The van der Waals surface area contributed by atoms with E-state index in [0.717, 1.165) is 18.6 Å². The highest BCUT2D eigenvalue weighted by Gasteiger charge is 2.35. The molecule has 1 N–H and O–H groups in total. The Morgan fingerprint density at radius 2 is 1.54 bits per heavy atom. The summed E-state index contributed by atoms with van der Waals surface area (Å²) < 4.78 is 78.3. The molecule has 0 aliphatic rings. The van der Waals surface area contributed by atoms with Crippen molar-refractivity contribution in [2.45, 2.75) is 12.5 Å². The van der Waals surface area contributed by atoms with Gasteiger partial charge in [0.1, 0.15) is 5.82 Å². The van der Waals surface area contributed by atoms with Gasteiger partial charge < -0.3 is 10.1 Å². The molecule has 5 nitrogen and oxygen atoms in total. The van der Waals surface area contributed by atoms with Crippen molar-refractivity contribution in [2.24, 2.45) is 0 Å². The van der Waals surface area contributed by atoms with Crippen LogP contribution < -0.4 is 10.1 Å². The normalized spacial score (nSPS) is 11.6. The van der Waals surface area contributed by atoms with Crippen molar-refractivity contribution in [1.29, 1.82) is 0 Å². The third kappa shape index (κ3) is 4.85. The van der Waals surface area contributed by atoms with E-state index in [9.17, 15) is 26.3 Å². The molecule has 0 bridgehead atoms. The fraction of sp³-hybridized carbons (Fsp3) is 0.250. The van der Waals surface area contributed by atoms with Crippen LogP contribution in [0.5, 0.6) is 5.75 Å². The summed E-state index contributed by atoms with van der Waals surface area (Å²) in [6.45, 7) is 0. The number of hydrogen-bond acceptors (Lipinski definition) is 5. The van der Waals surface area contributed by atoms with E-state index in [1.165, 1.54) is 13.1 Å². The fourth-order valence-corrected chi connectivity index (χ4v) is 1.62. The fourth-order valence-electron chi connectivity index (χ4n) is 1.62. The number of nitrogens with zero attached hydrogens (tertiary/aromatic N) is 3. The quantitative estimate of drug-likeness (QED) is 0.825. The van der Waals surface area contributed by atoms with Gasteiger partial charge in [0, 0.05) is 30.6 Å². The van der Waals surface area contributed by atoms with E-state index >= 15 is 0 Å². The Kier molecular flexibility index (Phi) is 5.82. The molecule has 0 spiro atoms. The largest absolute Gasteiger partial charge is 0.573 e. The molecule has 12 heteroatoms. The van der Waals surface area contributed by atoms with Gasteiger partial charge in [-0.1, -0.05) is 0 Å². The average molecular weight is 375 g/mol. The second-order valence-electron chi connectivity index (χ2n) is 4.16. The first kappa shape index (κ1) is 19.7. The molecule has 0 aliphatic heterocycles. The molecule has 0 fully saturated rings. The predicted octanol–water partition coefficient (Wildman–Crippen LogP) is 3.92. The van der Waals surface area contributed by atoms with E-state index in [1.807, 2.05) is 0 Å². The number of pyridine rings is 1. The minimum absolute atomic E-state index is 0. The van der Waals surface area contributed by atoms with Gasteiger partial charge in [0.15, 0.2) is 5.75 Å². The zero-order valence-corrected chi connectivity index (χ0v) is 12.6. The summed E-state index contributed by atoms with van der Waals surface area (Å²) in [6, 6.07) is 1.17. The molecule has 0 atom stereocenters. The molecule has 0 amide bonds. The lowest BCUT2D eigenvalue weighted by Gasteiger charge is -2.14. The summed E-state index contributed by atoms with van der Waals surface area (Å²) in [4.78, 5) is 9.88. The van der Waals surface area contributed by atoms with Crippen LogP contribution in [0.1, 0.15) is 5.82 Å². The highest BCUT2D eigenvalue weighted by Crippen LogP contribution is 2.35. The van der Waals surface area contributed by atoms with Gasteiger partial charge in [-0.15, -0.1) is 25.6 Å². The van der Waals surface area contributed by atoms with Crippen molar-refractivity contribution in [2.75, 3.05) is 12.4 Å². The van der Waals surface area contributed by atoms with Gasteiger partial charge in [0.2, 0.25) is 5.82 Å². The molecule has 132 valence electrons. The molecule has 0 saturated heterocycles. The van der Waals surface area contributed by atoms with E-state index in [1.54, 1.807) is 0 Å². The van der Waals surface area contributed by atoms with Crippen molar-refractivity contribution >= 4 is 18.2 Å². The van der Waals surface area contributed by atoms with Crippen LogP contribution in [-0.2, 0) is 6.18 Å². The number of hydrogen-bond donors (Lipinski definition) is 1. The molecular formula is C12H9ClF6N4O. The standard InChI is InChI=1S/C12H8F6N4O.ClH/c1-19-9-2-7(8(5-20-9)23-12(16,17)18)6-3-21-10(22-4-6)11(13,14)15;/h2-5H,1H3,(H,19,20);1H. The van der Waals surface area contributed by atoms with Crippen LogP contribution in [-0.4, -0.2) is 28.4 Å². The first-order valence-electron chi connectivity index (χ1n) is 5.93. The summed E-state index contributed by atoms with van der Waals surface area (Å²) in [5.74, 6) is -1.89. The number of alkyl halides is 6. The first-order chi connectivity index (χ1) is 10.6. The van der Waals surface area contributed by atoms with Crippen molar-refractivity contribution in [3.05, 3.63) is 30.5 Å². The van der Waals surface area contributed by atoms with Gasteiger partial charge >= 0.3 is 12.5 Å². The van der Waals surface area contributed by atoms with Crippen LogP contribution in [0.3, 0.4) is 0 Å². The molecule has 2 heterocycles. The summed E-state index contributed by atoms with van der Waals surface area (Å²) in [5, 5.41) is 2.59. The summed E-state index contributed by atoms with van der Waals surface area (Å²) in [6.07, 6.45) is -7.42. The predicted molar refractivity (Wildman–Crippen MR) is 73.7 cm³/mol. The Balaban J connectivity index is 0.00000288. The van der Waals surface area contributed by atoms with Gasteiger partial charge in [-0.2, -0.15) is 13.2 Å². The molecule has 24 heavy (non-hydrogen) atoms. The number of aromatic nitrogens is 3. The Morgan fingerprint density at radius 3 is 2.00 bits per heavy atom. The number of ether oxygens (including phenoxy) is 1. The first-order valence-corrected chi connectivity index (χ1v) is 5.93. The van der Waals surface area contributed by atoms with Crippen LogP contribution in [0.2, 0.25) is 0 Å². The van der Waals surface area contributed by atoms with Crippen molar-refractivity contribution < 1.29 is 31.1 Å². The molecule has 0 aliphatic carbocycles. The average Bonchev–Trinajstić information content (AvgIpc) is 2.45. The number of anilines is 1. The maximum Gasteiger partial charge on any atom is 0.573 e. The smallest absolute Gasteiger partial charge is 0.403 e. The molecule has 0 aromatic carbocycles. The maximum atomic E-state index is 12.4. The third-order valence-electron chi connectivity index (χ3n) is 2.57. The van der Waals surface area contributed by atoms with Gasteiger partial charge in [-0.25, -0.2) is 15.0 Å². The van der Waals surface area contributed by atoms with E-state index < -0.39 is 24.1 Å². The van der Waals surface area contributed by atoms with Gasteiger partial charge in [0.25, 0.3) is 0 Å². The van der Waals surface area contributed by atoms with Gasteiger partial charge in [-0.3, -0.25) is 0 Å². The van der Waals surface area contributed by atoms with E-state index in [0.29, 0.717) is 0 Å². The van der Waals surface area contributed by atoms with Gasteiger partial charge in [0.05, 0.1) is 6.20 Å². The van der Waals surface area contributed by atoms with Gasteiger partial charge in [-0.05, 0) is 6.07 Å². The highest BCUT2D eigenvalue weighted by molar-refractivity contribution is 5.85. The zero-order valence-electron chi connectivity index (χ0n) is 11.7. The Labute approximate surface area is 137 Å². The number of halogens is 7. The minimum Gasteiger partial charge on any atom is -0.403 e. The second kappa shape index (κ2) is 7.07. The molecule has 2 aromatic rings. The zero-order chi connectivity index (χ0) is 17.3. The number of nitrogens with one attached hydrogen (secondary N) is 1. The highest BCUT2D eigenvalue weighted by atomic mass is 35.5. The van der Waals surface area contributed by atoms with E-state index in [2.05, 4.69) is 25.0 Å². The Bertz CT molecular complexity index is 689. The molecule has 0 saturated carbocycles. The Morgan fingerprint density at radius 1 is 0.958 bits per heavy atom. The van der Waals surface area contributed by atoms with Crippen LogP contribution in [0, 0.1) is 0 Å². The lowest BCUT2D eigenvalue weighted by atomic mass is 10.1.